The van der Waals surface area contributed by atoms with Gasteiger partial charge in [0.2, 0.25) is 0 Å². The Morgan fingerprint density at radius 2 is 1.81 bits per heavy atom. The van der Waals surface area contributed by atoms with Gasteiger partial charge in [-0.2, -0.15) is 0 Å². The highest BCUT2D eigenvalue weighted by Gasteiger charge is 2.11. The summed E-state index contributed by atoms with van der Waals surface area (Å²) in [5.41, 5.74) is 5.38. The fourth-order valence-corrected chi connectivity index (χ4v) is 3.68. The number of hydrogen-bond donors (Lipinski definition) is 1. The minimum Gasteiger partial charge on any atom is -0.489 e. The predicted molar refractivity (Wildman–Crippen MR) is 108 cm³/mol. The van der Waals surface area contributed by atoms with Crippen molar-refractivity contribution in [2.75, 3.05) is 5.32 Å². The van der Waals surface area contributed by atoms with Gasteiger partial charge in [-0.15, -0.1) is 11.3 Å². The molecule has 3 aromatic rings. The standard InChI is InChI=1S/C22H23NO2S/c1-4-18-7-5-6-8-20(18)23-22(24)21-12-17(14-26-21)13-25-19-10-15(2)9-16(3)11-19/h5-12,14H,4,13H2,1-3H3,(H,23,24). The lowest BCUT2D eigenvalue weighted by molar-refractivity contribution is 0.103. The molecule has 3 rings (SSSR count). The third-order valence-electron chi connectivity index (χ3n) is 4.12. The van der Waals surface area contributed by atoms with Gasteiger partial charge in [-0.3, -0.25) is 4.79 Å². The number of carbonyl (C=O) groups excluding carboxylic acids is 1. The average Bonchev–Trinajstić information content (AvgIpc) is 3.09. The van der Waals surface area contributed by atoms with Crippen LogP contribution in [0.25, 0.3) is 0 Å². The zero-order valence-electron chi connectivity index (χ0n) is 15.3. The molecule has 1 aromatic heterocycles. The van der Waals surface area contributed by atoms with Crippen molar-refractivity contribution >= 4 is 22.9 Å². The molecule has 0 unspecified atom stereocenters. The average molecular weight is 365 g/mol. The Hall–Kier alpha value is -2.59. The van der Waals surface area contributed by atoms with E-state index in [4.69, 9.17) is 4.74 Å². The maximum absolute atomic E-state index is 12.5. The van der Waals surface area contributed by atoms with Gasteiger partial charge < -0.3 is 10.1 Å². The minimum atomic E-state index is -0.0754. The third kappa shape index (κ3) is 4.52. The summed E-state index contributed by atoms with van der Waals surface area (Å²) in [5.74, 6) is 0.783. The maximum Gasteiger partial charge on any atom is 0.265 e. The topological polar surface area (TPSA) is 38.3 Å². The summed E-state index contributed by atoms with van der Waals surface area (Å²) < 4.78 is 5.88. The summed E-state index contributed by atoms with van der Waals surface area (Å²) in [5, 5.41) is 4.99. The van der Waals surface area contributed by atoms with Crippen molar-refractivity contribution in [3.8, 4) is 5.75 Å². The molecule has 26 heavy (non-hydrogen) atoms. The van der Waals surface area contributed by atoms with Gasteiger partial charge in [-0.25, -0.2) is 0 Å². The summed E-state index contributed by atoms with van der Waals surface area (Å²) in [6.45, 7) is 6.65. The number of rotatable bonds is 6. The largest absolute Gasteiger partial charge is 0.489 e. The summed E-state index contributed by atoms with van der Waals surface area (Å²) in [7, 11) is 0. The molecule has 0 radical (unpaired) electrons. The number of para-hydroxylation sites is 1. The fraction of sp³-hybridized carbons (Fsp3) is 0.227. The summed E-state index contributed by atoms with van der Waals surface area (Å²) >= 11 is 1.44. The van der Waals surface area contributed by atoms with Crippen LogP contribution in [0.3, 0.4) is 0 Å². The van der Waals surface area contributed by atoms with E-state index in [-0.39, 0.29) is 5.91 Å². The van der Waals surface area contributed by atoms with E-state index in [2.05, 4.69) is 32.2 Å². The Bertz CT molecular complexity index is 894. The molecular weight excluding hydrogens is 342 g/mol. The van der Waals surface area contributed by atoms with Crippen LogP contribution in [0.5, 0.6) is 5.75 Å². The van der Waals surface area contributed by atoms with Gasteiger partial charge >= 0.3 is 0 Å². The van der Waals surface area contributed by atoms with Crippen molar-refractivity contribution in [1.29, 1.82) is 0 Å². The van der Waals surface area contributed by atoms with Crippen LogP contribution >= 0.6 is 11.3 Å². The molecule has 0 atom stereocenters. The molecule has 0 bridgehead atoms. The van der Waals surface area contributed by atoms with Gasteiger partial charge in [0.1, 0.15) is 12.4 Å². The molecule has 0 spiro atoms. The first kappa shape index (κ1) is 18.2. The second-order valence-electron chi connectivity index (χ2n) is 6.40. The van der Waals surface area contributed by atoms with E-state index in [1.165, 1.54) is 22.5 Å². The van der Waals surface area contributed by atoms with Crippen molar-refractivity contribution in [2.24, 2.45) is 0 Å². The van der Waals surface area contributed by atoms with Crippen LogP contribution in [0.15, 0.2) is 53.9 Å². The van der Waals surface area contributed by atoms with E-state index in [0.717, 1.165) is 29.0 Å². The summed E-state index contributed by atoms with van der Waals surface area (Å²) in [6.07, 6.45) is 0.885. The number of amides is 1. The van der Waals surface area contributed by atoms with Crippen LogP contribution in [0.4, 0.5) is 5.69 Å². The number of thiophene rings is 1. The van der Waals surface area contributed by atoms with Crippen molar-refractivity contribution < 1.29 is 9.53 Å². The van der Waals surface area contributed by atoms with E-state index in [1.54, 1.807) is 0 Å². The number of carbonyl (C=O) groups is 1. The summed E-state index contributed by atoms with van der Waals surface area (Å²) in [4.78, 5) is 13.2. The van der Waals surface area contributed by atoms with Crippen LogP contribution in [-0.2, 0) is 13.0 Å². The summed E-state index contributed by atoms with van der Waals surface area (Å²) in [6, 6.07) is 16.0. The Balaban J connectivity index is 1.64. The molecule has 2 aromatic carbocycles. The molecule has 1 amide bonds. The van der Waals surface area contributed by atoms with Crippen LogP contribution < -0.4 is 10.1 Å². The molecule has 0 aliphatic carbocycles. The number of benzene rings is 2. The highest BCUT2D eigenvalue weighted by Crippen LogP contribution is 2.22. The lowest BCUT2D eigenvalue weighted by atomic mass is 10.1. The number of anilines is 1. The molecule has 1 N–H and O–H groups in total. The molecule has 0 aliphatic heterocycles. The smallest absolute Gasteiger partial charge is 0.265 e. The minimum absolute atomic E-state index is 0.0754. The lowest BCUT2D eigenvalue weighted by Crippen LogP contribution is -2.11. The van der Waals surface area contributed by atoms with E-state index in [0.29, 0.717) is 11.5 Å². The van der Waals surface area contributed by atoms with Crippen LogP contribution in [0.1, 0.15) is 38.8 Å². The van der Waals surface area contributed by atoms with Gasteiger partial charge in [-0.1, -0.05) is 31.2 Å². The van der Waals surface area contributed by atoms with Crippen molar-refractivity contribution in [3.05, 3.63) is 81.0 Å². The van der Waals surface area contributed by atoms with Crippen LogP contribution in [0.2, 0.25) is 0 Å². The van der Waals surface area contributed by atoms with Crippen molar-refractivity contribution in [2.45, 2.75) is 33.8 Å². The molecule has 1 heterocycles. The second kappa shape index (κ2) is 8.19. The van der Waals surface area contributed by atoms with E-state index in [9.17, 15) is 4.79 Å². The number of nitrogens with one attached hydrogen (secondary N) is 1. The molecule has 0 aliphatic rings. The Kier molecular flexibility index (Phi) is 5.74. The van der Waals surface area contributed by atoms with E-state index >= 15 is 0 Å². The Morgan fingerprint density at radius 3 is 2.54 bits per heavy atom. The molecule has 0 saturated heterocycles. The van der Waals surface area contributed by atoms with Crippen LogP contribution in [-0.4, -0.2) is 5.91 Å². The van der Waals surface area contributed by atoms with Gasteiger partial charge in [-0.05, 0) is 66.6 Å². The molecule has 134 valence electrons. The quantitative estimate of drug-likeness (QED) is 0.603. The normalized spacial score (nSPS) is 10.6. The molecular formula is C22H23NO2S. The molecule has 3 nitrogen and oxygen atoms in total. The van der Waals surface area contributed by atoms with E-state index < -0.39 is 0 Å². The van der Waals surface area contributed by atoms with Crippen LogP contribution in [0, 0.1) is 13.8 Å². The van der Waals surface area contributed by atoms with Gasteiger partial charge in [0.15, 0.2) is 0 Å². The van der Waals surface area contributed by atoms with Gasteiger partial charge in [0, 0.05) is 11.3 Å². The highest BCUT2D eigenvalue weighted by molar-refractivity contribution is 7.12. The number of aryl methyl sites for hydroxylation is 3. The predicted octanol–water partition coefficient (Wildman–Crippen LogP) is 5.76. The van der Waals surface area contributed by atoms with Crippen molar-refractivity contribution in [1.82, 2.24) is 0 Å². The zero-order valence-corrected chi connectivity index (χ0v) is 16.2. The monoisotopic (exact) mass is 365 g/mol. The Labute approximate surface area is 158 Å². The highest BCUT2D eigenvalue weighted by atomic mass is 32.1. The third-order valence-corrected chi connectivity index (χ3v) is 5.10. The first-order valence-corrected chi connectivity index (χ1v) is 9.61. The number of ether oxygens (including phenoxy) is 1. The SMILES string of the molecule is CCc1ccccc1NC(=O)c1cc(COc2cc(C)cc(C)c2)cs1. The fourth-order valence-electron chi connectivity index (χ4n) is 2.89. The molecule has 0 saturated carbocycles. The molecule has 0 fully saturated rings. The van der Waals surface area contributed by atoms with Gasteiger partial charge in [0.25, 0.3) is 5.91 Å². The Morgan fingerprint density at radius 1 is 1.08 bits per heavy atom. The lowest BCUT2D eigenvalue weighted by Gasteiger charge is -2.08. The number of hydrogen-bond acceptors (Lipinski definition) is 3. The van der Waals surface area contributed by atoms with E-state index in [1.807, 2.05) is 47.8 Å². The van der Waals surface area contributed by atoms with Gasteiger partial charge in [0.05, 0.1) is 4.88 Å². The molecule has 4 heteroatoms. The first-order chi connectivity index (χ1) is 12.5. The maximum atomic E-state index is 12.5. The first-order valence-electron chi connectivity index (χ1n) is 8.73. The second-order valence-corrected chi connectivity index (χ2v) is 7.31. The van der Waals surface area contributed by atoms with Crippen molar-refractivity contribution in [3.63, 3.8) is 0 Å². The zero-order chi connectivity index (χ0) is 18.5.